The first kappa shape index (κ1) is 35.2. The largest absolute Gasteiger partial charge is 0.479 e. The van der Waals surface area contributed by atoms with Crippen LogP contribution in [0.4, 0.5) is 11.6 Å². The first-order chi connectivity index (χ1) is 21.9. The molecule has 1 atom stereocenters. The number of furan rings is 1. The maximum absolute atomic E-state index is 13.3. The summed E-state index contributed by atoms with van der Waals surface area (Å²) >= 11 is 0. The van der Waals surface area contributed by atoms with Gasteiger partial charge in [0, 0.05) is 26.2 Å². The Kier molecular flexibility index (Phi) is 11.7. The molecule has 0 bridgehead atoms. The maximum Gasteiger partial charge on any atom is 0.291 e. The van der Waals surface area contributed by atoms with Gasteiger partial charge in [0.25, 0.3) is 5.91 Å². The van der Waals surface area contributed by atoms with E-state index in [9.17, 15) is 4.79 Å². The second kappa shape index (κ2) is 15.3. The van der Waals surface area contributed by atoms with Crippen molar-refractivity contribution in [3.05, 3.63) is 58.0 Å². The average Bonchev–Trinajstić information content (AvgIpc) is 3.55. The number of hydrogen-bond donors (Lipinski definition) is 2. The van der Waals surface area contributed by atoms with E-state index in [1.54, 1.807) is 6.07 Å². The van der Waals surface area contributed by atoms with Crippen LogP contribution in [0.3, 0.4) is 0 Å². The number of fused-ring (bicyclic) bond motifs is 1. The average molecular weight is 637 g/mol. The molecule has 252 valence electrons. The third kappa shape index (κ3) is 8.39. The van der Waals surface area contributed by atoms with Crippen LogP contribution in [0.5, 0.6) is 11.8 Å². The van der Waals surface area contributed by atoms with Gasteiger partial charge in [-0.15, -0.1) is 0 Å². The van der Waals surface area contributed by atoms with Crippen LogP contribution in [-0.4, -0.2) is 49.9 Å². The highest BCUT2D eigenvalue weighted by atomic mass is 16.5. The van der Waals surface area contributed by atoms with Gasteiger partial charge in [-0.05, 0) is 87.8 Å². The lowest BCUT2D eigenvalue weighted by Gasteiger charge is -2.24. The van der Waals surface area contributed by atoms with Crippen LogP contribution in [-0.2, 0) is 27.1 Å². The van der Waals surface area contributed by atoms with Gasteiger partial charge in [-0.3, -0.25) is 4.79 Å². The van der Waals surface area contributed by atoms with E-state index in [1.165, 1.54) is 44.6 Å². The third-order valence-electron chi connectivity index (χ3n) is 8.65. The van der Waals surface area contributed by atoms with E-state index in [4.69, 9.17) is 23.4 Å². The Bertz CT molecular complexity index is 1460. The number of methoxy groups -OCH3 is 2. The molecule has 46 heavy (non-hydrogen) atoms. The van der Waals surface area contributed by atoms with Crippen molar-refractivity contribution in [2.75, 3.05) is 44.6 Å². The first-order valence-electron chi connectivity index (χ1n) is 16.5. The summed E-state index contributed by atoms with van der Waals surface area (Å²) in [6.45, 7) is 17.0. The van der Waals surface area contributed by atoms with Gasteiger partial charge in [0.1, 0.15) is 5.76 Å². The number of anilines is 2. The Morgan fingerprint density at radius 3 is 2.28 bits per heavy atom. The van der Waals surface area contributed by atoms with Crippen molar-refractivity contribution in [3.8, 4) is 11.8 Å². The van der Waals surface area contributed by atoms with Crippen LogP contribution in [0.1, 0.15) is 112 Å². The minimum Gasteiger partial charge on any atom is -0.479 e. The predicted octanol–water partition coefficient (Wildman–Crippen LogP) is 7.77. The van der Waals surface area contributed by atoms with Gasteiger partial charge in [-0.1, -0.05) is 45.2 Å². The van der Waals surface area contributed by atoms with Gasteiger partial charge >= 0.3 is 0 Å². The van der Waals surface area contributed by atoms with Crippen LogP contribution in [0.25, 0.3) is 0 Å². The molecule has 3 heterocycles. The number of nitrogens with zero attached hydrogens (tertiary/aromatic N) is 2. The van der Waals surface area contributed by atoms with E-state index in [0.717, 1.165) is 30.6 Å². The minimum atomic E-state index is -0.462. The Labute approximate surface area is 274 Å². The molecule has 0 aliphatic carbocycles. The lowest BCUT2D eigenvalue weighted by atomic mass is 9.86. The van der Waals surface area contributed by atoms with E-state index in [0.29, 0.717) is 37.2 Å². The molecule has 2 aromatic heterocycles. The number of aromatic nitrogens is 2. The van der Waals surface area contributed by atoms with Gasteiger partial charge in [0.2, 0.25) is 17.7 Å². The smallest absolute Gasteiger partial charge is 0.291 e. The predicted molar refractivity (Wildman–Crippen MR) is 180 cm³/mol. The van der Waals surface area contributed by atoms with Crippen LogP contribution in [0, 0.1) is 12.8 Å². The molecule has 1 aliphatic rings. The Morgan fingerprint density at radius 2 is 1.65 bits per heavy atom. The molecule has 1 aromatic carbocycles. The number of rotatable bonds is 17. The van der Waals surface area contributed by atoms with Crippen molar-refractivity contribution in [2.45, 2.75) is 98.2 Å². The summed E-state index contributed by atoms with van der Waals surface area (Å²) in [5, 5.41) is 6.01. The fraction of sp³-hybridized carbons (Fsp3) is 0.583. The number of hydrogen-bond acceptors (Lipinski definition) is 9. The molecule has 0 saturated carbocycles. The Hall–Kier alpha value is -3.63. The van der Waals surface area contributed by atoms with Gasteiger partial charge in [-0.2, -0.15) is 9.97 Å². The van der Waals surface area contributed by atoms with E-state index in [1.807, 2.05) is 6.07 Å². The summed E-state index contributed by atoms with van der Waals surface area (Å²) < 4.78 is 29.2. The first-order valence-corrected chi connectivity index (χ1v) is 16.5. The number of aryl methyl sites for hydroxylation is 1. The van der Waals surface area contributed by atoms with Crippen LogP contribution in [0.2, 0.25) is 0 Å². The summed E-state index contributed by atoms with van der Waals surface area (Å²) in [7, 11) is 2.96. The van der Waals surface area contributed by atoms with E-state index >= 15 is 0 Å². The van der Waals surface area contributed by atoms with Crippen molar-refractivity contribution in [2.24, 2.45) is 5.92 Å². The molecule has 4 rings (SSSR count). The molecule has 0 spiro atoms. The van der Waals surface area contributed by atoms with E-state index < -0.39 is 5.91 Å². The Balaban J connectivity index is 1.37. The molecule has 10 nitrogen and oxygen atoms in total. The van der Waals surface area contributed by atoms with Crippen molar-refractivity contribution in [1.29, 1.82) is 0 Å². The van der Waals surface area contributed by atoms with Crippen molar-refractivity contribution >= 4 is 17.5 Å². The number of carbonyl (C=O) groups is 1. The van der Waals surface area contributed by atoms with Gasteiger partial charge in [0.15, 0.2) is 11.4 Å². The fourth-order valence-corrected chi connectivity index (χ4v) is 6.07. The van der Waals surface area contributed by atoms with E-state index in [2.05, 4.69) is 81.2 Å². The topological polar surface area (TPSA) is 117 Å². The quantitative estimate of drug-likeness (QED) is 0.143. The van der Waals surface area contributed by atoms with Gasteiger partial charge < -0.3 is 34.0 Å². The van der Waals surface area contributed by atoms with Crippen LogP contribution >= 0.6 is 0 Å². The zero-order valence-electron chi connectivity index (χ0n) is 29.1. The molecule has 1 unspecified atom stereocenters. The molecular weight excluding hydrogens is 584 g/mol. The molecule has 1 amide bonds. The zero-order chi connectivity index (χ0) is 33.5. The van der Waals surface area contributed by atoms with Gasteiger partial charge in [-0.25, -0.2) is 0 Å². The zero-order valence-corrected chi connectivity index (χ0v) is 29.1. The monoisotopic (exact) mass is 636 g/mol. The molecule has 10 heteroatoms. The lowest BCUT2D eigenvalue weighted by molar-refractivity contribution is -0.105. The summed E-state index contributed by atoms with van der Waals surface area (Å²) in [4.78, 5) is 22.1. The Morgan fingerprint density at radius 1 is 0.978 bits per heavy atom. The van der Waals surface area contributed by atoms with Crippen LogP contribution < -0.4 is 20.1 Å². The molecule has 3 aromatic rings. The van der Waals surface area contributed by atoms with Crippen molar-refractivity contribution < 1.29 is 28.2 Å². The third-order valence-corrected chi connectivity index (χ3v) is 8.65. The number of nitrogens with one attached hydrogen (secondary N) is 2. The number of amides is 1. The number of carbonyl (C=O) groups excluding carboxylic acids is 1. The van der Waals surface area contributed by atoms with E-state index in [-0.39, 0.29) is 34.4 Å². The second-order valence-corrected chi connectivity index (χ2v) is 13.1. The SMILES string of the molecule is CCCCC(CC)COCCCNc1nc(OC)c(NC(=O)c2ccc(Cc3cc4c(cc3C)C(C)(C)OC4(C)C)o2)c(OC)n1. The van der Waals surface area contributed by atoms with Crippen molar-refractivity contribution in [3.63, 3.8) is 0 Å². The molecule has 0 radical (unpaired) electrons. The molecule has 0 fully saturated rings. The van der Waals surface area contributed by atoms with Gasteiger partial charge in [0.05, 0.1) is 25.4 Å². The molecule has 0 saturated heterocycles. The summed E-state index contributed by atoms with van der Waals surface area (Å²) in [6.07, 6.45) is 6.15. The van der Waals surface area contributed by atoms with Crippen LogP contribution in [0.15, 0.2) is 28.7 Å². The number of benzene rings is 1. The lowest BCUT2D eigenvalue weighted by Crippen LogP contribution is -2.22. The minimum absolute atomic E-state index is 0.157. The fourth-order valence-electron chi connectivity index (χ4n) is 6.07. The molecule has 1 aliphatic heterocycles. The summed E-state index contributed by atoms with van der Waals surface area (Å²) in [6, 6.07) is 7.89. The standard InChI is InChI=1S/C36H52N4O6/c1-10-12-14-24(11-2)22-44-18-13-17-37-34-39-32(42-8)30(33(40-34)43-9)38-31(41)29-16-15-26(45-29)20-25-21-28-27(19-23(25)3)35(4,5)46-36(28,6)7/h15-16,19,21,24H,10-14,17-18,20,22H2,1-9H3,(H,38,41)(H,37,39,40). The molecular formula is C36H52N4O6. The number of ether oxygens (including phenoxy) is 4. The normalized spacial score (nSPS) is 15.3. The highest BCUT2D eigenvalue weighted by Gasteiger charge is 2.43. The maximum atomic E-state index is 13.3. The highest BCUT2D eigenvalue weighted by Crippen LogP contribution is 2.47. The summed E-state index contributed by atoms with van der Waals surface area (Å²) in [5.41, 5.74) is 4.14. The summed E-state index contributed by atoms with van der Waals surface area (Å²) in [5.74, 6) is 1.67. The second-order valence-electron chi connectivity index (χ2n) is 13.1. The molecule has 2 N–H and O–H groups in total. The number of unbranched alkanes of at least 4 members (excludes halogenated alkanes) is 1. The highest BCUT2D eigenvalue weighted by molar-refractivity contribution is 6.03. The van der Waals surface area contributed by atoms with Crippen molar-refractivity contribution in [1.82, 2.24) is 9.97 Å².